The molecular formula is C47H60N16O4S2. The first kappa shape index (κ1) is 49.9. The number of nitrogens with two attached hydrogens (primary N) is 1. The van der Waals surface area contributed by atoms with Gasteiger partial charge in [-0.15, -0.1) is 10.2 Å². The molecule has 0 bridgehead atoms. The summed E-state index contributed by atoms with van der Waals surface area (Å²) in [5.74, 6) is 1.97. The van der Waals surface area contributed by atoms with E-state index in [0.29, 0.717) is 84.1 Å². The summed E-state index contributed by atoms with van der Waals surface area (Å²) in [5.41, 5.74) is 14.2. The second-order valence-corrected chi connectivity index (χ2v) is 21.0. The molecule has 7 N–H and O–H groups in total. The van der Waals surface area contributed by atoms with E-state index in [1.54, 1.807) is 17.0 Å². The van der Waals surface area contributed by atoms with Crippen molar-refractivity contribution in [3.8, 4) is 12.1 Å². The van der Waals surface area contributed by atoms with E-state index in [-0.39, 0.29) is 0 Å². The Morgan fingerprint density at radius 2 is 1.22 bits per heavy atom. The van der Waals surface area contributed by atoms with Crippen molar-refractivity contribution in [3.05, 3.63) is 83.4 Å². The first-order valence-corrected chi connectivity index (χ1v) is 26.1. The fourth-order valence-corrected chi connectivity index (χ4v) is 8.77. The second-order valence-electron chi connectivity index (χ2n) is 18.1. The number of anilines is 8. The fraction of sp³-hybridized carbons (Fsp3) is 0.426. The van der Waals surface area contributed by atoms with Gasteiger partial charge in [-0.25, -0.2) is 14.8 Å². The molecule has 8 rings (SSSR count). The van der Waals surface area contributed by atoms with E-state index in [1.807, 2.05) is 88.3 Å². The van der Waals surface area contributed by atoms with Crippen LogP contribution in [-0.2, 0) is 37.8 Å². The summed E-state index contributed by atoms with van der Waals surface area (Å²) in [6.07, 6.45) is 10.4. The standard InChI is InChI=1S/C26H34N8O3S.C21H26N8OS/c1-26(2,3)37-25(35)28-10-11-33(4)22-9-8-19(12-17(22)16-38(5)36)31-23-13-21(30-18-6-7-18)24-29-15-20(14-27)34(24)32-23;1-28(8-7-22)19-6-5-16(9-14(19)13-31(2)30)26-20-10-18(25-15-3-4-15)21-24-12-17(11-23)29(21)27-20/h8-9,12-13,15,18,30H,6-7,10-11,16H2,1-5H3,(H,28,35)(H,31,32);5-6,9-10,12,15,25H,3-4,7-8,13,22H2,1-2H3,(H,26,27). The van der Waals surface area contributed by atoms with Crippen LogP contribution >= 0.6 is 0 Å². The number of hydrogen-bond donors (Lipinski definition) is 6. The fourth-order valence-electron chi connectivity index (χ4n) is 7.43. The van der Waals surface area contributed by atoms with Gasteiger partial charge in [-0.3, -0.25) is 8.42 Å². The minimum atomic E-state index is -1.06. The van der Waals surface area contributed by atoms with Crippen LogP contribution in [0.4, 0.5) is 50.6 Å². The Labute approximate surface area is 406 Å². The van der Waals surface area contributed by atoms with E-state index in [9.17, 15) is 23.7 Å². The van der Waals surface area contributed by atoms with Crippen molar-refractivity contribution in [2.24, 2.45) is 5.73 Å². The molecule has 2 atom stereocenters. The highest BCUT2D eigenvalue weighted by atomic mass is 32.2. The number of nitriles is 2. The maximum Gasteiger partial charge on any atom is 0.407 e. The molecule has 6 aromatic rings. The van der Waals surface area contributed by atoms with Crippen molar-refractivity contribution in [3.63, 3.8) is 0 Å². The van der Waals surface area contributed by atoms with Crippen molar-refractivity contribution >= 4 is 84.7 Å². The van der Waals surface area contributed by atoms with Crippen molar-refractivity contribution in [1.82, 2.24) is 34.5 Å². The summed E-state index contributed by atoms with van der Waals surface area (Å²) in [6.45, 7) is 7.65. The van der Waals surface area contributed by atoms with Crippen LogP contribution in [0.2, 0.25) is 0 Å². The lowest BCUT2D eigenvalue weighted by Crippen LogP contribution is -2.37. The Bertz CT molecular complexity index is 2950. The van der Waals surface area contributed by atoms with Gasteiger partial charge in [0.2, 0.25) is 0 Å². The van der Waals surface area contributed by atoms with Crippen molar-refractivity contribution in [2.45, 2.75) is 75.6 Å². The normalized spacial score (nSPS) is 14.1. The number of likely N-dealkylation sites (N-methyl/N-ethyl adjacent to an activating group) is 2. The van der Waals surface area contributed by atoms with Crippen LogP contribution in [-0.4, -0.2) is 114 Å². The molecule has 0 radical (unpaired) electrons. The van der Waals surface area contributed by atoms with Gasteiger partial charge >= 0.3 is 6.09 Å². The SMILES string of the molecule is CN(CCN)c1ccc(Nc2cc(NC3CC3)c3ncc(C#N)n3n2)cc1CS(C)=O.CN(CCNC(=O)OC(C)(C)C)c1ccc(Nc2cc(NC3CC3)c3ncc(C#N)n3n2)cc1CS(C)=O. The largest absolute Gasteiger partial charge is 0.444 e. The van der Waals surface area contributed by atoms with Gasteiger partial charge in [0.15, 0.2) is 34.3 Å². The predicted octanol–water partition coefficient (Wildman–Crippen LogP) is 5.95. The number of hydrogen-bond acceptors (Lipinski definition) is 17. The van der Waals surface area contributed by atoms with Crippen LogP contribution in [0.15, 0.2) is 60.9 Å². The number of amides is 1. The average Bonchev–Trinajstić information content (AvgIpc) is 4.20. The molecule has 4 aromatic heterocycles. The number of alkyl carbamates (subject to hydrolysis) is 1. The molecule has 22 heteroatoms. The van der Waals surface area contributed by atoms with Gasteiger partial charge in [0.25, 0.3) is 0 Å². The van der Waals surface area contributed by atoms with Crippen LogP contribution in [0.5, 0.6) is 0 Å². The number of rotatable bonds is 19. The molecule has 2 aliphatic carbocycles. The smallest absolute Gasteiger partial charge is 0.407 e. The molecule has 364 valence electrons. The number of nitrogens with one attached hydrogen (secondary N) is 5. The quantitative estimate of drug-likeness (QED) is 0.0548. The summed E-state index contributed by atoms with van der Waals surface area (Å²) in [4.78, 5) is 24.8. The summed E-state index contributed by atoms with van der Waals surface area (Å²) < 4.78 is 32.5. The Balaban J connectivity index is 0.000000208. The minimum absolute atomic E-state index is 0.349. The molecule has 4 heterocycles. The Hall–Kier alpha value is -7.01. The molecule has 1 amide bonds. The lowest BCUT2D eigenvalue weighted by molar-refractivity contribution is 0.0529. The summed E-state index contributed by atoms with van der Waals surface area (Å²) >= 11 is 0. The predicted molar refractivity (Wildman–Crippen MR) is 274 cm³/mol. The molecule has 0 aliphatic heterocycles. The van der Waals surface area contributed by atoms with Gasteiger partial charge in [0, 0.05) is 121 Å². The summed E-state index contributed by atoms with van der Waals surface area (Å²) in [5, 5.41) is 44.4. The lowest BCUT2D eigenvalue weighted by atomic mass is 10.1. The highest BCUT2D eigenvalue weighted by Gasteiger charge is 2.25. The zero-order valence-corrected chi connectivity index (χ0v) is 41.6. The monoisotopic (exact) mass is 976 g/mol. The van der Waals surface area contributed by atoms with Crippen molar-refractivity contribution < 1.29 is 17.9 Å². The molecule has 20 nitrogen and oxygen atoms in total. The summed E-state index contributed by atoms with van der Waals surface area (Å²) in [6, 6.07) is 20.7. The first-order valence-electron chi connectivity index (χ1n) is 22.6. The Kier molecular flexibility index (Phi) is 15.9. The molecule has 2 fully saturated rings. The molecule has 2 aliphatic rings. The number of carbonyl (C=O) groups excluding carboxylic acids is 1. The van der Waals surface area contributed by atoms with E-state index in [4.69, 9.17) is 10.5 Å². The van der Waals surface area contributed by atoms with Gasteiger partial charge in [0.05, 0.1) is 35.3 Å². The third-order valence-corrected chi connectivity index (χ3v) is 12.3. The van der Waals surface area contributed by atoms with Crippen molar-refractivity contribution in [2.75, 3.05) is 83.9 Å². The zero-order valence-electron chi connectivity index (χ0n) is 40.0. The van der Waals surface area contributed by atoms with E-state index in [0.717, 1.165) is 70.9 Å². The van der Waals surface area contributed by atoms with Crippen molar-refractivity contribution in [1.29, 1.82) is 10.5 Å². The zero-order chi connectivity index (χ0) is 49.4. The molecule has 0 spiro atoms. The van der Waals surface area contributed by atoms with Gasteiger partial charge in [0.1, 0.15) is 17.7 Å². The summed E-state index contributed by atoms with van der Waals surface area (Å²) in [7, 11) is 1.86. The molecule has 2 unspecified atom stereocenters. The molecular weight excluding hydrogens is 917 g/mol. The number of ether oxygens (including phenoxy) is 1. The molecule has 2 aromatic carbocycles. The number of nitrogens with zero attached hydrogens (tertiary/aromatic N) is 10. The topological polar surface area (TPSA) is 261 Å². The van der Waals surface area contributed by atoms with Gasteiger partial charge in [-0.1, -0.05) is 0 Å². The molecule has 69 heavy (non-hydrogen) atoms. The van der Waals surface area contributed by atoms with E-state index >= 15 is 0 Å². The highest BCUT2D eigenvalue weighted by Crippen LogP contribution is 2.33. The van der Waals surface area contributed by atoms with E-state index in [1.165, 1.54) is 16.9 Å². The third-order valence-electron chi connectivity index (χ3n) is 10.9. The van der Waals surface area contributed by atoms with Gasteiger partial charge in [-0.2, -0.15) is 19.6 Å². The van der Waals surface area contributed by atoms with Crippen LogP contribution in [0.1, 0.15) is 69.0 Å². The number of imidazole rings is 2. The van der Waals surface area contributed by atoms with Crippen LogP contribution < -0.4 is 42.1 Å². The van der Waals surface area contributed by atoms with Crippen LogP contribution in [0, 0.1) is 22.7 Å². The Morgan fingerprint density at radius 3 is 1.61 bits per heavy atom. The first-order chi connectivity index (χ1) is 33.0. The third kappa shape index (κ3) is 13.6. The Morgan fingerprint density at radius 1 is 0.768 bits per heavy atom. The van der Waals surface area contributed by atoms with Gasteiger partial charge < -0.3 is 46.9 Å². The maximum atomic E-state index is 12.2. The second kappa shape index (κ2) is 22.0. The minimum Gasteiger partial charge on any atom is -0.444 e. The average molecular weight is 977 g/mol. The van der Waals surface area contributed by atoms with E-state index < -0.39 is 33.3 Å². The number of benzene rings is 2. The van der Waals surface area contributed by atoms with Gasteiger partial charge in [-0.05, 0) is 94.0 Å². The van der Waals surface area contributed by atoms with Crippen LogP contribution in [0.25, 0.3) is 11.3 Å². The maximum absolute atomic E-state index is 12.2. The number of carbonyl (C=O) groups is 1. The lowest BCUT2D eigenvalue weighted by Gasteiger charge is -2.24. The highest BCUT2D eigenvalue weighted by molar-refractivity contribution is 7.83. The van der Waals surface area contributed by atoms with Crippen LogP contribution in [0.3, 0.4) is 0 Å². The molecule has 0 saturated heterocycles. The molecule has 2 saturated carbocycles. The number of aromatic nitrogens is 6. The van der Waals surface area contributed by atoms with E-state index in [2.05, 4.69) is 63.8 Å². The number of fused-ring (bicyclic) bond motifs is 2.